The zero-order valence-corrected chi connectivity index (χ0v) is 13.3. The zero-order valence-electron chi connectivity index (χ0n) is 13.3. The van der Waals surface area contributed by atoms with Crippen molar-refractivity contribution in [2.45, 2.75) is 32.3 Å². The Labute approximate surface area is 137 Å². The summed E-state index contributed by atoms with van der Waals surface area (Å²) in [5.74, 6) is -3.70. The van der Waals surface area contributed by atoms with E-state index in [0.29, 0.717) is 30.3 Å². The Morgan fingerprint density at radius 1 is 1.46 bits per heavy atom. The number of anilines is 1. The molecule has 1 aliphatic heterocycles. The highest BCUT2D eigenvalue weighted by molar-refractivity contribution is 5.89. The van der Waals surface area contributed by atoms with Gasteiger partial charge in [0.1, 0.15) is 6.61 Å². The van der Waals surface area contributed by atoms with Crippen molar-refractivity contribution in [3.63, 3.8) is 0 Å². The van der Waals surface area contributed by atoms with Crippen LogP contribution in [0.25, 0.3) is 0 Å². The minimum absolute atomic E-state index is 0.221. The molecule has 0 bridgehead atoms. The number of rotatable bonds is 6. The number of hydrogen-bond donors (Lipinski definition) is 1. The second-order valence-corrected chi connectivity index (χ2v) is 6.02. The van der Waals surface area contributed by atoms with Crippen LogP contribution in [0, 0.1) is 5.92 Å². The Morgan fingerprint density at radius 2 is 2.21 bits per heavy atom. The predicted octanol–water partition coefficient (Wildman–Crippen LogP) is 3.98. The van der Waals surface area contributed by atoms with Crippen LogP contribution in [0.2, 0.25) is 0 Å². The van der Waals surface area contributed by atoms with E-state index < -0.39 is 19.0 Å². The van der Waals surface area contributed by atoms with Crippen molar-refractivity contribution in [1.82, 2.24) is 4.90 Å². The Bertz CT molecular complexity index is 569. The average molecular weight is 348 g/mol. The first-order valence-electron chi connectivity index (χ1n) is 7.66. The van der Waals surface area contributed by atoms with E-state index in [1.807, 2.05) is 0 Å². The van der Waals surface area contributed by atoms with Gasteiger partial charge < -0.3 is 15.0 Å². The number of ether oxygens (including phenoxy) is 1. The number of carbonyl (C=O) groups excluding carboxylic acids is 1. The molecule has 24 heavy (non-hydrogen) atoms. The third-order valence-electron chi connectivity index (χ3n) is 3.77. The Balaban J connectivity index is 1.86. The van der Waals surface area contributed by atoms with E-state index in [-0.39, 0.29) is 12.6 Å². The predicted molar refractivity (Wildman–Crippen MR) is 81.4 cm³/mol. The van der Waals surface area contributed by atoms with Crippen LogP contribution in [0.1, 0.15) is 18.9 Å². The van der Waals surface area contributed by atoms with Crippen molar-refractivity contribution in [3.8, 4) is 0 Å². The number of urea groups is 1. The number of carbonyl (C=O) groups is 1. The molecule has 1 atom stereocenters. The van der Waals surface area contributed by atoms with Gasteiger partial charge >= 0.3 is 18.4 Å². The van der Waals surface area contributed by atoms with Crippen LogP contribution < -0.4 is 5.32 Å². The van der Waals surface area contributed by atoms with E-state index in [0.717, 1.165) is 6.42 Å². The van der Waals surface area contributed by atoms with Gasteiger partial charge in [-0.3, -0.25) is 0 Å². The maximum atomic E-state index is 12.8. The molecule has 2 rings (SSSR count). The number of nitrogens with one attached hydrogen (secondary N) is 1. The van der Waals surface area contributed by atoms with Gasteiger partial charge in [-0.1, -0.05) is 19.1 Å². The van der Waals surface area contributed by atoms with Gasteiger partial charge in [-0.05, 0) is 30.0 Å². The lowest BCUT2D eigenvalue weighted by Gasteiger charge is -2.17. The molecule has 1 unspecified atom stereocenters. The molecule has 2 amide bonds. The quantitative estimate of drug-likeness (QED) is 0.790. The van der Waals surface area contributed by atoms with Crippen LogP contribution in [0.4, 0.5) is 28.0 Å². The van der Waals surface area contributed by atoms with Gasteiger partial charge in [-0.15, -0.1) is 0 Å². The fourth-order valence-corrected chi connectivity index (χ4v) is 2.43. The lowest BCUT2D eigenvalue weighted by Crippen LogP contribution is -2.33. The average Bonchev–Trinajstić information content (AvgIpc) is 2.94. The molecule has 0 aliphatic carbocycles. The first kappa shape index (κ1) is 18.5. The Hall–Kier alpha value is -1.83. The Kier molecular flexibility index (Phi) is 6.04. The number of alkyl halides is 4. The van der Waals surface area contributed by atoms with Crippen LogP contribution in [0.15, 0.2) is 24.3 Å². The van der Waals surface area contributed by atoms with Crippen LogP contribution in [-0.2, 0) is 11.3 Å². The van der Waals surface area contributed by atoms with E-state index in [1.54, 1.807) is 29.2 Å². The number of halogens is 4. The normalized spacial score (nSPS) is 18.2. The fourth-order valence-electron chi connectivity index (χ4n) is 2.43. The molecular weight excluding hydrogens is 328 g/mol. The first-order chi connectivity index (χ1) is 11.3. The van der Waals surface area contributed by atoms with Gasteiger partial charge in [0.25, 0.3) is 0 Å². The van der Waals surface area contributed by atoms with Crippen molar-refractivity contribution in [2.24, 2.45) is 5.92 Å². The third-order valence-corrected chi connectivity index (χ3v) is 3.77. The lowest BCUT2D eigenvalue weighted by molar-refractivity contribution is -0.168. The number of hydrogen-bond acceptors (Lipinski definition) is 2. The fraction of sp³-hybridized carbons (Fsp3) is 0.562. The number of likely N-dealkylation sites (tertiary alicyclic amines) is 1. The maximum absolute atomic E-state index is 12.8. The van der Waals surface area contributed by atoms with E-state index >= 15 is 0 Å². The molecule has 1 aliphatic rings. The van der Waals surface area contributed by atoms with Gasteiger partial charge in [-0.25, -0.2) is 13.6 Å². The van der Waals surface area contributed by atoms with Crippen molar-refractivity contribution < 1.29 is 27.1 Å². The van der Waals surface area contributed by atoms with Crippen LogP contribution >= 0.6 is 0 Å². The van der Waals surface area contributed by atoms with E-state index in [2.05, 4.69) is 17.0 Å². The lowest BCUT2D eigenvalue weighted by atomic mass is 10.2. The molecule has 1 saturated heterocycles. The summed E-state index contributed by atoms with van der Waals surface area (Å²) in [6, 6.07) is 6.24. The smallest absolute Gasteiger partial charge is 0.330 e. The highest BCUT2D eigenvalue weighted by Gasteiger charge is 2.40. The first-order valence-corrected chi connectivity index (χ1v) is 7.66. The van der Waals surface area contributed by atoms with Gasteiger partial charge in [0.15, 0.2) is 0 Å². The standard InChI is InChI=1S/C16H20F4N2O2/c1-11-5-6-22(8-11)15(23)21-13-4-2-3-12(7-13)9-24-10-16(19,20)14(17)18/h2-4,7,11,14H,5-6,8-10H2,1H3,(H,21,23). The Morgan fingerprint density at radius 3 is 2.83 bits per heavy atom. The number of amides is 2. The molecule has 8 heteroatoms. The molecule has 0 aromatic heterocycles. The summed E-state index contributed by atoms with van der Waals surface area (Å²) in [5.41, 5.74) is 1.01. The topological polar surface area (TPSA) is 41.6 Å². The van der Waals surface area contributed by atoms with Gasteiger partial charge in [0, 0.05) is 18.8 Å². The monoisotopic (exact) mass is 348 g/mol. The largest absolute Gasteiger partial charge is 0.370 e. The van der Waals surface area contributed by atoms with Crippen molar-refractivity contribution in [3.05, 3.63) is 29.8 Å². The highest BCUT2D eigenvalue weighted by atomic mass is 19.3. The SMILES string of the molecule is CC1CCN(C(=O)Nc2cccc(COCC(F)(F)C(F)F)c2)C1. The molecule has 1 fully saturated rings. The van der Waals surface area contributed by atoms with Crippen LogP contribution in [0.3, 0.4) is 0 Å². The second-order valence-electron chi connectivity index (χ2n) is 6.02. The summed E-state index contributed by atoms with van der Waals surface area (Å²) in [7, 11) is 0. The van der Waals surface area contributed by atoms with Crippen LogP contribution in [-0.4, -0.2) is 43.0 Å². The van der Waals surface area contributed by atoms with Gasteiger partial charge in [0.2, 0.25) is 0 Å². The molecule has 1 N–H and O–H groups in total. The maximum Gasteiger partial charge on any atom is 0.330 e. The zero-order chi connectivity index (χ0) is 17.7. The summed E-state index contributed by atoms with van der Waals surface area (Å²) >= 11 is 0. The molecule has 0 spiro atoms. The molecule has 1 aromatic carbocycles. The molecule has 1 aromatic rings. The molecule has 0 radical (unpaired) electrons. The van der Waals surface area contributed by atoms with Crippen molar-refractivity contribution >= 4 is 11.7 Å². The summed E-state index contributed by atoms with van der Waals surface area (Å²) < 4.78 is 54.3. The van der Waals surface area contributed by atoms with E-state index in [4.69, 9.17) is 0 Å². The molecule has 134 valence electrons. The minimum atomic E-state index is -4.17. The highest BCUT2D eigenvalue weighted by Crippen LogP contribution is 2.23. The van der Waals surface area contributed by atoms with E-state index in [1.165, 1.54) is 0 Å². The summed E-state index contributed by atoms with van der Waals surface area (Å²) in [5, 5.41) is 2.73. The summed E-state index contributed by atoms with van der Waals surface area (Å²) in [4.78, 5) is 13.8. The molecule has 4 nitrogen and oxygen atoms in total. The van der Waals surface area contributed by atoms with Gasteiger partial charge in [-0.2, -0.15) is 8.78 Å². The second kappa shape index (κ2) is 7.83. The third kappa shape index (κ3) is 5.09. The number of nitrogens with zero attached hydrogens (tertiary/aromatic N) is 1. The van der Waals surface area contributed by atoms with Gasteiger partial charge in [0.05, 0.1) is 6.61 Å². The summed E-state index contributed by atoms with van der Waals surface area (Å²) in [6.45, 7) is 1.86. The molecular formula is C16H20F4N2O2. The molecule has 1 heterocycles. The van der Waals surface area contributed by atoms with Crippen molar-refractivity contribution in [2.75, 3.05) is 25.0 Å². The molecule has 0 saturated carbocycles. The minimum Gasteiger partial charge on any atom is -0.370 e. The van der Waals surface area contributed by atoms with Crippen LogP contribution in [0.5, 0.6) is 0 Å². The van der Waals surface area contributed by atoms with E-state index in [9.17, 15) is 22.4 Å². The summed E-state index contributed by atoms with van der Waals surface area (Å²) in [6.07, 6.45) is -2.80. The number of benzene rings is 1. The van der Waals surface area contributed by atoms with Crippen molar-refractivity contribution in [1.29, 1.82) is 0 Å².